The van der Waals surface area contributed by atoms with Crippen molar-refractivity contribution in [1.82, 2.24) is 5.06 Å². The molecule has 0 saturated carbocycles. The van der Waals surface area contributed by atoms with E-state index in [-0.39, 0.29) is 5.91 Å². The van der Waals surface area contributed by atoms with Gasteiger partial charge < -0.3 is 5.11 Å². The van der Waals surface area contributed by atoms with E-state index in [4.69, 9.17) is 9.94 Å². The summed E-state index contributed by atoms with van der Waals surface area (Å²) >= 11 is 0. The van der Waals surface area contributed by atoms with Crippen LogP contribution in [0, 0.1) is 5.92 Å². The van der Waals surface area contributed by atoms with Gasteiger partial charge in [0.05, 0.1) is 0 Å². The van der Waals surface area contributed by atoms with Crippen LogP contribution in [0.1, 0.15) is 40.5 Å². The third-order valence-electron chi connectivity index (χ3n) is 2.17. The first-order valence-electron chi connectivity index (χ1n) is 5.36. The number of hydroxylamine groups is 2. The summed E-state index contributed by atoms with van der Waals surface area (Å²) in [6.45, 7) is 6.85. The molecule has 0 heterocycles. The lowest BCUT2D eigenvalue weighted by Gasteiger charge is -2.26. The van der Waals surface area contributed by atoms with Gasteiger partial charge in [0, 0.05) is 13.5 Å². The van der Waals surface area contributed by atoms with Gasteiger partial charge in [-0.3, -0.25) is 9.63 Å². The SMILES string of the molecule is CC(C)CCC(=O)N(C)OC(C)(C)C(=O)O. The lowest BCUT2D eigenvalue weighted by molar-refractivity contribution is -0.228. The Balaban J connectivity index is 4.20. The van der Waals surface area contributed by atoms with Gasteiger partial charge in [-0.15, -0.1) is 0 Å². The maximum absolute atomic E-state index is 11.6. The molecule has 0 aliphatic carbocycles. The zero-order valence-electron chi connectivity index (χ0n) is 10.6. The van der Waals surface area contributed by atoms with Crippen LogP contribution in [0.15, 0.2) is 0 Å². The number of carboxylic acids is 1. The standard InChI is InChI=1S/C11H21NO4/c1-8(2)6-7-9(13)12(5)16-11(3,4)10(14)15/h8H,6-7H2,1-5H3,(H,14,15). The second-order valence-electron chi connectivity index (χ2n) is 4.73. The molecule has 5 heteroatoms. The Bertz CT molecular complexity index is 261. The molecule has 0 aliphatic heterocycles. The van der Waals surface area contributed by atoms with E-state index < -0.39 is 11.6 Å². The summed E-state index contributed by atoms with van der Waals surface area (Å²) in [6.07, 6.45) is 1.13. The highest BCUT2D eigenvalue weighted by Gasteiger charge is 2.31. The van der Waals surface area contributed by atoms with Gasteiger partial charge in [0.15, 0.2) is 5.60 Å². The van der Waals surface area contributed by atoms with E-state index in [2.05, 4.69) is 0 Å². The minimum Gasteiger partial charge on any atom is -0.479 e. The maximum Gasteiger partial charge on any atom is 0.338 e. The van der Waals surface area contributed by atoms with Crippen LogP contribution in [0.4, 0.5) is 0 Å². The van der Waals surface area contributed by atoms with Crippen LogP contribution in [0.5, 0.6) is 0 Å². The fourth-order valence-corrected chi connectivity index (χ4v) is 1.00. The fourth-order valence-electron chi connectivity index (χ4n) is 1.00. The van der Waals surface area contributed by atoms with Crippen molar-refractivity contribution in [1.29, 1.82) is 0 Å². The number of carbonyl (C=O) groups excluding carboxylic acids is 1. The molecule has 0 radical (unpaired) electrons. The molecule has 5 nitrogen and oxygen atoms in total. The molecule has 1 N–H and O–H groups in total. The van der Waals surface area contributed by atoms with E-state index in [0.29, 0.717) is 12.3 Å². The van der Waals surface area contributed by atoms with Gasteiger partial charge in [0.1, 0.15) is 0 Å². The summed E-state index contributed by atoms with van der Waals surface area (Å²) in [5.74, 6) is -0.871. The van der Waals surface area contributed by atoms with Crippen molar-refractivity contribution in [3.05, 3.63) is 0 Å². The number of amides is 1. The van der Waals surface area contributed by atoms with Crippen LogP contribution >= 0.6 is 0 Å². The smallest absolute Gasteiger partial charge is 0.338 e. The Hall–Kier alpha value is -1.10. The average Bonchev–Trinajstić information content (AvgIpc) is 2.12. The quantitative estimate of drug-likeness (QED) is 0.706. The minimum absolute atomic E-state index is 0.206. The zero-order valence-corrected chi connectivity index (χ0v) is 10.6. The third-order valence-corrected chi connectivity index (χ3v) is 2.17. The zero-order chi connectivity index (χ0) is 12.9. The van der Waals surface area contributed by atoms with Crippen molar-refractivity contribution >= 4 is 11.9 Å². The molecule has 0 aromatic carbocycles. The number of carboxylic acid groups (broad SMARTS) is 1. The Morgan fingerprint density at radius 3 is 2.25 bits per heavy atom. The second-order valence-corrected chi connectivity index (χ2v) is 4.73. The van der Waals surface area contributed by atoms with Gasteiger partial charge in [-0.1, -0.05) is 13.8 Å². The third kappa shape index (κ3) is 5.11. The van der Waals surface area contributed by atoms with Crippen LogP contribution in [-0.4, -0.2) is 34.7 Å². The van der Waals surface area contributed by atoms with Crippen molar-refractivity contribution < 1.29 is 19.5 Å². The molecule has 0 atom stereocenters. The largest absolute Gasteiger partial charge is 0.479 e. The van der Waals surface area contributed by atoms with E-state index in [1.165, 1.54) is 20.9 Å². The summed E-state index contributed by atoms with van der Waals surface area (Å²) in [5.41, 5.74) is -1.39. The molecule has 0 spiro atoms. The Morgan fingerprint density at radius 1 is 1.38 bits per heavy atom. The van der Waals surface area contributed by atoms with Crippen LogP contribution < -0.4 is 0 Å². The van der Waals surface area contributed by atoms with Crippen LogP contribution in [-0.2, 0) is 14.4 Å². The monoisotopic (exact) mass is 231 g/mol. The van der Waals surface area contributed by atoms with Crippen molar-refractivity contribution in [2.75, 3.05) is 7.05 Å². The van der Waals surface area contributed by atoms with Crippen LogP contribution in [0.25, 0.3) is 0 Å². The molecule has 94 valence electrons. The summed E-state index contributed by atoms with van der Waals surface area (Å²) in [6, 6.07) is 0. The molecular formula is C11H21NO4. The predicted octanol–water partition coefficient (Wildman–Crippen LogP) is 1.68. The van der Waals surface area contributed by atoms with Crippen molar-refractivity contribution in [3.63, 3.8) is 0 Å². The molecule has 0 aliphatic rings. The van der Waals surface area contributed by atoms with Crippen molar-refractivity contribution in [2.45, 2.75) is 46.1 Å². The molecule has 0 aromatic rings. The Kier molecular flexibility index (Phi) is 5.44. The van der Waals surface area contributed by atoms with E-state index in [1.54, 1.807) is 0 Å². The van der Waals surface area contributed by atoms with E-state index in [9.17, 15) is 9.59 Å². The molecular weight excluding hydrogens is 210 g/mol. The molecule has 0 rings (SSSR count). The molecule has 0 unspecified atom stereocenters. The number of rotatable bonds is 6. The summed E-state index contributed by atoms with van der Waals surface area (Å²) in [5, 5.41) is 9.84. The first-order chi connectivity index (χ1) is 7.16. The van der Waals surface area contributed by atoms with Gasteiger partial charge in [0.25, 0.3) is 0 Å². The fraction of sp³-hybridized carbons (Fsp3) is 0.818. The Morgan fingerprint density at radius 2 is 1.88 bits per heavy atom. The van der Waals surface area contributed by atoms with E-state index >= 15 is 0 Å². The van der Waals surface area contributed by atoms with Gasteiger partial charge in [-0.05, 0) is 26.2 Å². The number of hydrogen-bond acceptors (Lipinski definition) is 3. The van der Waals surface area contributed by atoms with Gasteiger partial charge >= 0.3 is 5.97 Å². The first kappa shape index (κ1) is 14.9. The lowest BCUT2D eigenvalue weighted by Crippen LogP contribution is -2.42. The summed E-state index contributed by atoms with van der Waals surface area (Å²) in [7, 11) is 1.44. The summed E-state index contributed by atoms with van der Waals surface area (Å²) < 4.78 is 0. The topological polar surface area (TPSA) is 66.8 Å². The summed E-state index contributed by atoms with van der Waals surface area (Å²) in [4.78, 5) is 27.4. The van der Waals surface area contributed by atoms with Gasteiger partial charge in [0.2, 0.25) is 5.91 Å². The van der Waals surface area contributed by atoms with E-state index in [1.807, 2.05) is 13.8 Å². The highest BCUT2D eigenvalue weighted by atomic mass is 16.7. The molecule has 16 heavy (non-hydrogen) atoms. The molecule has 1 amide bonds. The molecule has 0 aromatic heterocycles. The molecule has 0 bridgehead atoms. The average molecular weight is 231 g/mol. The highest BCUT2D eigenvalue weighted by molar-refractivity contribution is 5.78. The van der Waals surface area contributed by atoms with Gasteiger partial charge in [-0.2, -0.15) is 0 Å². The lowest BCUT2D eigenvalue weighted by atomic mass is 10.1. The number of hydrogen-bond donors (Lipinski definition) is 1. The minimum atomic E-state index is -1.39. The van der Waals surface area contributed by atoms with Crippen LogP contribution in [0.2, 0.25) is 0 Å². The second kappa shape index (κ2) is 5.84. The van der Waals surface area contributed by atoms with E-state index in [0.717, 1.165) is 11.5 Å². The Labute approximate surface area is 96.3 Å². The number of nitrogens with zero attached hydrogens (tertiary/aromatic N) is 1. The highest BCUT2D eigenvalue weighted by Crippen LogP contribution is 2.13. The molecule has 0 saturated heterocycles. The van der Waals surface area contributed by atoms with Crippen molar-refractivity contribution in [3.8, 4) is 0 Å². The first-order valence-corrected chi connectivity index (χ1v) is 5.36. The van der Waals surface area contributed by atoms with Gasteiger partial charge in [-0.25, -0.2) is 9.86 Å². The van der Waals surface area contributed by atoms with Crippen molar-refractivity contribution in [2.24, 2.45) is 5.92 Å². The maximum atomic E-state index is 11.6. The predicted molar refractivity (Wildman–Crippen MR) is 59.6 cm³/mol. The van der Waals surface area contributed by atoms with Crippen LogP contribution in [0.3, 0.4) is 0 Å². The number of carbonyl (C=O) groups is 2. The normalized spacial score (nSPS) is 11.6. The molecule has 0 fully saturated rings. The number of aliphatic carboxylic acids is 1.